The Hall–Kier alpha value is -1.43. The van der Waals surface area contributed by atoms with Crippen LogP contribution in [0.5, 0.6) is 0 Å². The molecule has 1 aromatic rings. The lowest BCUT2D eigenvalue weighted by Gasteiger charge is -2.48. The van der Waals surface area contributed by atoms with E-state index in [1.165, 1.54) is 0 Å². The zero-order valence-corrected chi connectivity index (χ0v) is 13.4. The number of rotatable bonds is 2. The number of aryl methyl sites for hydroxylation is 1. The molecule has 0 radical (unpaired) electrons. The monoisotopic (exact) mass is 304 g/mol. The zero-order valence-electron chi connectivity index (χ0n) is 13.4. The lowest BCUT2D eigenvalue weighted by Crippen LogP contribution is -2.56. The van der Waals surface area contributed by atoms with Crippen LogP contribution in [0.25, 0.3) is 0 Å². The Kier molecular flexibility index (Phi) is 3.25. The molecule has 1 saturated carbocycles. The molecule has 2 atom stereocenters. The predicted octanol–water partition coefficient (Wildman–Crippen LogP) is 1.84. The molecule has 4 rings (SSSR count). The lowest BCUT2D eigenvalue weighted by atomic mass is 9.63. The minimum absolute atomic E-state index is 0.00123. The predicted molar refractivity (Wildman–Crippen MR) is 80.1 cm³/mol. The molecule has 2 aliphatic heterocycles. The van der Waals surface area contributed by atoms with Crippen LogP contribution in [0.1, 0.15) is 56.7 Å². The molecule has 1 aromatic heterocycles. The fraction of sp³-hybridized carbons (Fsp3) is 0.812. The number of hydrogen-bond acceptors (Lipinski definition) is 4. The van der Waals surface area contributed by atoms with Gasteiger partial charge in [0.25, 0.3) is 0 Å². The fourth-order valence-corrected chi connectivity index (χ4v) is 4.33. The molecule has 0 N–H and O–H groups in total. The second kappa shape index (κ2) is 5.05. The van der Waals surface area contributed by atoms with Gasteiger partial charge in [0.15, 0.2) is 5.82 Å². The second-order valence-corrected chi connectivity index (χ2v) is 6.94. The smallest absolute Gasteiger partial charge is 0.232 e. The van der Waals surface area contributed by atoms with Crippen LogP contribution in [0.2, 0.25) is 0 Å². The zero-order chi connectivity index (χ0) is 15.3. The largest absolute Gasteiger partial charge is 0.377 e. The molecule has 2 fully saturated rings. The molecule has 1 saturated heterocycles. The number of carbonyl (C=O) groups is 1. The molecule has 2 unspecified atom stereocenters. The molecule has 3 heterocycles. The first kappa shape index (κ1) is 14.2. The molecule has 22 heavy (non-hydrogen) atoms. The van der Waals surface area contributed by atoms with Gasteiger partial charge in [-0.1, -0.05) is 6.42 Å². The molecule has 0 aromatic carbocycles. The summed E-state index contributed by atoms with van der Waals surface area (Å²) in [6, 6.07) is 0.00123. The SMILES string of the molecule is Cc1nnc2n1CCN(C(=O)C1(C3CCCO3)CCC1)C2C. The van der Waals surface area contributed by atoms with Crippen LogP contribution in [-0.2, 0) is 16.1 Å². The molecule has 6 heteroatoms. The molecule has 1 amide bonds. The van der Waals surface area contributed by atoms with Crippen LogP contribution in [0.15, 0.2) is 0 Å². The third kappa shape index (κ3) is 1.86. The first-order valence-electron chi connectivity index (χ1n) is 8.46. The van der Waals surface area contributed by atoms with Crippen molar-refractivity contribution in [2.24, 2.45) is 5.41 Å². The van der Waals surface area contributed by atoms with Gasteiger partial charge in [0.05, 0.1) is 17.6 Å². The van der Waals surface area contributed by atoms with E-state index in [0.29, 0.717) is 0 Å². The summed E-state index contributed by atoms with van der Waals surface area (Å²) in [5.74, 6) is 2.13. The van der Waals surface area contributed by atoms with E-state index in [1.54, 1.807) is 0 Å². The fourth-order valence-electron chi connectivity index (χ4n) is 4.33. The van der Waals surface area contributed by atoms with Crippen molar-refractivity contribution in [3.05, 3.63) is 11.6 Å². The van der Waals surface area contributed by atoms with E-state index in [-0.39, 0.29) is 23.5 Å². The molecule has 0 spiro atoms. The van der Waals surface area contributed by atoms with Crippen molar-refractivity contribution in [1.82, 2.24) is 19.7 Å². The highest BCUT2D eigenvalue weighted by Crippen LogP contribution is 2.50. The van der Waals surface area contributed by atoms with Crippen molar-refractivity contribution in [3.8, 4) is 0 Å². The van der Waals surface area contributed by atoms with E-state index in [4.69, 9.17) is 4.74 Å². The van der Waals surface area contributed by atoms with Crippen LogP contribution in [0.4, 0.5) is 0 Å². The van der Waals surface area contributed by atoms with Crippen LogP contribution in [-0.4, -0.2) is 44.8 Å². The highest BCUT2D eigenvalue weighted by molar-refractivity contribution is 5.85. The minimum atomic E-state index is -0.262. The van der Waals surface area contributed by atoms with Crippen molar-refractivity contribution in [3.63, 3.8) is 0 Å². The summed E-state index contributed by atoms with van der Waals surface area (Å²) >= 11 is 0. The number of aromatic nitrogens is 3. The number of fused-ring (bicyclic) bond motifs is 1. The molecule has 6 nitrogen and oxygen atoms in total. The highest BCUT2D eigenvalue weighted by atomic mass is 16.5. The third-order valence-corrected chi connectivity index (χ3v) is 5.85. The van der Waals surface area contributed by atoms with E-state index >= 15 is 0 Å². The lowest BCUT2D eigenvalue weighted by molar-refractivity contribution is -0.163. The van der Waals surface area contributed by atoms with Crippen molar-refractivity contribution >= 4 is 5.91 Å². The maximum absolute atomic E-state index is 13.3. The first-order valence-corrected chi connectivity index (χ1v) is 8.46. The molecular formula is C16H24N4O2. The Morgan fingerprint density at radius 1 is 1.27 bits per heavy atom. The molecular weight excluding hydrogens is 280 g/mol. The Labute approximate surface area is 130 Å². The number of hydrogen-bond donors (Lipinski definition) is 0. The van der Waals surface area contributed by atoms with Gasteiger partial charge in [-0.05, 0) is 39.5 Å². The van der Waals surface area contributed by atoms with Gasteiger partial charge >= 0.3 is 0 Å². The standard InChI is InChI=1S/C16H24N4O2/c1-11-14-18-17-12(2)20(14)9-8-19(11)15(21)16(6-4-7-16)13-5-3-10-22-13/h11,13H,3-10H2,1-2H3. The number of ether oxygens (including phenoxy) is 1. The van der Waals surface area contributed by atoms with E-state index in [2.05, 4.69) is 21.7 Å². The van der Waals surface area contributed by atoms with E-state index in [9.17, 15) is 4.79 Å². The van der Waals surface area contributed by atoms with Gasteiger partial charge in [0.2, 0.25) is 5.91 Å². The summed E-state index contributed by atoms with van der Waals surface area (Å²) in [7, 11) is 0. The van der Waals surface area contributed by atoms with Crippen molar-refractivity contribution in [1.29, 1.82) is 0 Å². The number of amides is 1. The quantitative estimate of drug-likeness (QED) is 0.836. The van der Waals surface area contributed by atoms with Gasteiger partial charge in [-0.3, -0.25) is 4.79 Å². The topological polar surface area (TPSA) is 60.2 Å². The average Bonchev–Trinajstić information content (AvgIpc) is 3.09. The second-order valence-electron chi connectivity index (χ2n) is 6.94. The van der Waals surface area contributed by atoms with E-state index in [0.717, 1.165) is 63.4 Å². The van der Waals surface area contributed by atoms with Crippen molar-refractivity contribution < 1.29 is 9.53 Å². The third-order valence-electron chi connectivity index (χ3n) is 5.85. The maximum atomic E-state index is 13.3. The van der Waals surface area contributed by atoms with Crippen LogP contribution in [0.3, 0.4) is 0 Å². The molecule has 0 bridgehead atoms. The number of nitrogens with zero attached hydrogens (tertiary/aromatic N) is 4. The Bertz CT molecular complexity index is 587. The summed E-state index contributed by atoms with van der Waals surface area (Å²) in [5, 5.41) is 8.45. The van der Waals surface area contributed by atoms with E-state index < -0.39 is 0 Å². The summed E-state index contributed by atoms with van der Waals surface area (Å²) in [5.41, 5.74) is -0.262. The molecule has 3 aliphatic rings. The highest BCUT2D eigenvalue weighted by Gasteiger charge is 2.54. The van der Waals surface area contributed by atoms with Gasteiger partial charge in [-0.2, -0.15) is 0 Å². The van der Waals surface area contributed by atoms with Gasteiger partial charge in [0, 0.05) is 19.7 Å². The van der Waals surface area contributed by atoms with Crippen LogP contribution in [0, 0.1) is 12.3 Å². The summed E-state index contributed by atoms with van der Waals surface area (Å²) in [6.07, 6.45) is 5.34. The maximum Gasteiger partial charge on any atom is 0.232 e. The molecule has 1 aliphatic carbocycles. The van der Waals surface area contributed by atoms with Gasteiger partial charge in [-0.25, -0.2) is 0 Å². The summed E-state index contributed by atoms with van der Waals surface area (Å²) < 4.78 is 8.03. The van der Waals surface area contributed by atoms with Crippen LogP contribution < -0.4 is 0 Å². The Balaban J connectivity index is 1.60. The van der Waals surface area contributed by atoms with E-state index in [1.807, 2.05) is 11.8 Å². The minimum Gasteiger partial charge on any atom is -0.377 e. The number of carbonyl (C=O) groups excluding carboxylic acids is 1. The van der Waals surface area contributed by atoms with Gasteiger partial charge in [-0.15, -0.1) is 10.2 Å². The first-order chi connectivity index (χ1) is 10.6. The van der Waals surface area contributed by atoms with Crippen molar-refractivity contribution in [2.45, 2.75) is 64.6 Å². The normalized spacial score (nSPS) is 30.0. The van der Waals surface area contributed by atoms with Gasteiger partial charge in [0.1, 0.15) is 5.82 Å². The van der Waals surface area contributed by atoms with Gasteiger partial charge < -0.3 is 14.2 Å². The van der Waals surface area contributed by atoms with Crippen molar-refractivity contribution in [2.75, 3.05) is 13.2 Å². The molecule has 120 valence electrons. The summed E-state index contributed by atoms with van der Waals surface area (Å²) in [6.45, 7) is 6.40. The Morgan fingerprint density at radius 2 is 2.09 bits per heavy atom. The Morgan fingerprint density at radius 3 is 2.73 bits per heavy atom. The summed E-state index contributed by atoms with van der Waals surface area (Å²) in [4.78, 5) is 15.3. The average molecular weight is 304 g/mol. The van der Waals surface area contributed by atoms with Crippen LogP contribution >= 0.6 is 0 Å².